The number of ether oxygens (including phenoxy) is 1. The minimum absolute atomic E-state index is 0.0404. The number of hydrogen-bond donors (Lipinski definition) is 1. The zero-order chi connectivity index (χ0) is 12.1. The molecule has 1 aromatic rings. The van der Waals surface area contributed by atoms with Crippen molar-refractivity contribution in [3.63, 3.8) is 0 Å². The summed E-state index contributed by atoms with van der Waals surface area (Å²) in [7, 11) is 1.56. The number of Topliss-reactive ketones (excluding diaryl/α,β-unsaturated/α-hetero) is 1. The lowest BCUT2D eigenvalue weighted by molar-refractivity contribution is 0.0965. The van der Waals surface area contributed by atoms with E-state index in [9.17, 15) is 4.79 Å². The summed E-state index contributed by atoms with van der Waals surface area (Å²) in [6.45, 7) is 4.03. The van der Waals surface area contributed by atoms with E-state index < -0.39 is 0 Å². The Morgan fingerprint density at radius 3 is 2.56 bits per heavy atom. The lowest BCUT2D eigenvalue weighted by atomic mass is 9.96. The van der Waals surface area contributed by atoms with Gasteiger partial charge in [-0.05, 0) is 18.1 Å². The van der Waals surface area contributed by atoms with Gasteiger partial charge in [-0.2, -0.15) is 0 Å². The molecule has 0 aliphatic carbocycles. The molecule has 16 heavy (non-hydrogen) atoms. The number of hydrogen-bond acceptors (Lipinski definition) is 3. The first-order valence-corrected chi connectivity index (χ1v) is 5.48. The van der Waals surface area contributed by atoms with Gasteiger partial charge in [-0.3, -0.25) is 4.79 Å². The van der Waals surface area contributed by atoms with Gasteiger partial charge in [0.05, 0.1) is 12.7 Å². The van der Waals surface area contributed by atoms with Crippen LogP contribution in [0.4, 0.5) is 0 Å². The molecule has 1 unspecified atom stereocenters. The van der Waals surface area contributed by atoms with Crippen LogP contribution < -0.4 is 10.5 Å². The molecule has 3 heteroatoms. The molecule has 0 saturated heterocycles. The second-order valence-electron chi connectivity index (χ2n) is 4.24. The van der Waals surface area contributed by atoms with Gasteiger partial charge in [-0.15, -0.1) is 0 Å². The normalized spacial score (nSPS) is 12.6. The summed E-state index contributed by atoms with van der Waals surface area (Å²) in [4.78, 5) is 12.0. The molecule has 0 fully saturated rings. The predicted octanol–water partition coefficient (Wildman–Crippen LogP) is 2.25. The molecule has 0 aliphatic heterocycles. The first kappa shape index (κ1) is 12.7. The Bertz CT molecular complexity index is 361. The first-order chi connectivity index (χ1) is 7.56. The molecule has 0 saturated carbocycles. The van der Waals surface area contributed by atoms with Gasteiger partial charge in [-0.1, -0.05) is 26.0 Å². The summed E-state index contributed by atoms with van der Waals surface area (Å²) in [6.07, 6.45) is 0.359. The van der Waals surface area contributed by atoms with Gasteiger partial charge in [0.2, 0.25) is 0 Å². The lowest BCUT2D eigenvalue weighted by Gasteiger charge is -2.15. The van der Waals surface area contributed by atoms with Gasteiger partial charge in [0.1, 0.15) is 5.75 Å². The zero-order valence-electron chi connectivity index (χ0n) is 10.1. The highest BCUT2D eigenvalue weighted by Gasteiger charge is 2.17. The highest BCUT2D eigenvalue weighted by atomic mass is 16.5. The Morgan fingerprint density at radius 2 is 2.00 bits per heavy atom. The molecule has 0 heterocycles. The van der Waals surface area contributed by atoms with Crippen LogP contribution in [0.3, 0.4) is 0 Å². The molecule has 3 nitrogen and oxygen atoms in total. The molecule has 1 atom stereocenters. The molecular formula is C13H19NO2. The minimum Gasteiger partial charge on any atom is -0.496 e. The topological polar surface area (TPSA) is 52.3 Å². The fourth-order valence-electron chi connectivity index (χ4n) is 1.43. The minimum atomic E-state index is -0.0996. The van der Waals surface area contributed by atoms with Crippen molar-refractivity contribution in [3.05, 3.63) is 29.8 Å². The Kier molecular flexibility index (Phi) is 4.50. The monoisotopic (exact) mass is 221 g/mol. The lowest BCUT2D eigenvalue weighted by Crippen LogP contribution is -2.29. The molecule has 0 amide bonds. The average molecular weight is 221 g/mol. The SMILES string of the molecule is COc1ccccc1C(=O)CC(N)C(C)C. The van der Waals surface area contributed by atoms with Crippen LogP contribution in [0.15, 0.2) is 24.3 Å². The van der Waals surface area contributed by atoms with E-state index in [1.807, 2.05) is 26.0 Å². The van der Waals surface area contributed by atoms with Gasteiger partial charge < -0.3 is 10.5 Å². The third-order valence-corrected chi connectivity index (χ3v) is 2.68. The zero-order valence-corrected chi connectivity index (χ0v) is 10.1. The number of methoxy groups -OCH3 is 1. The molecule has 0 bridgehead atoms. The maximum Gasteiger partial charge on any atom is 0.168 e. The average Bonchev–Trinajstić information content (AvgIpc) is 2.28. The summed E-state index contributed by atoms with van der Waals surface area (Å²) in [6, 6.07) is 7.13. The van der Waals surface area contributed by atoms with E-state index in [1.54, 1.807) is 19.2 Å². The molecule has 2 N–H and O–H groups in total. The van der Waals surface area contributed by atoms with Crippen molar-refractivity contribution in [1.29, 1.82) is 0 Å². The van der Waals surface area contributed by atoms with Gasteiger partial charge in [0.15, 0.2) is 5.78 Å². The fraction of sp³-hybridized carbons (Fsp3) is 0.462. The molecule has 1 aromatic carbocycles. The van der Waals surface area contributed by atoms with Gasteiger partial charge in [0.25, 0.3) is 0 Å². The quantitative estimate of drug-likeness (QED) is 0.776. The summed E-state index contributed by atoms with van der Waals surface area (Å²) < 4.78 is 5.15. The van der Waals surface area contributed by atoms with Crippen molar-refractivity contribution in [3.8, 4) is 5.75 Å². The molecule has 0 radical (unpaired) electrons. The van der Waals surface area contributed by atoms with Crippen molar-refractivity contribution >= 4 is 5.78 Å². The summed E-state index contributed by atoms with van der Waals surface area (Å²) >= 11 is 0. The Hall–Kier alpha value is -1.35. The van der Waals surface area contributed by atoms with E-state index >= 15 is 0 Å². The molecule has 88 valence electrons. The number of carbonyl (C=O) groups excluding carboxylic acids is 1. The van der Waals surface area contributed by atoms with E-state index in [1.165, 1.54) is 0 Å². The van der Waals surface area contributed by atoms with Crippen molar-refractivity contribution in [2.45, 2.75) is 26.3 Å². The van der Waals surface area contributed by atoms with Gasteiger partial charge in [0, 0.05) is 12.5 Å². The maximum absolute atomic E-state index is 12.0. The third kappa shape index (κ3) is 3.07. The highest BCUT2D eigenvalue weighted by Crippen LogP contribution is 2.20. The predicted molar refractivity (Wildman–Crippen MR) is 64.8 cm³/mol. The van der Waals surface area contributed by atoms with E-state index in [0.717, 1.165) is 0 Å². The van der Waals surface area contributed by atoms with Crippen LogP contribution in [0, 0.1) is 5.92 Å². The van der Waals surface area contributed by atoms with Crippen molar-refractivity contribution in [1.82, 2.24) is 0 Å². The highest BCUT2D eigenvalue weighted by molar-refractivity contribution is 5.99. The van der Waals surface area contributed by atoms with Crippen LogP contribution in [0.25, 0.3) is 0 Å². The number of ketones is 1. The van der Waals surface area contributed by atoms with Crippen LogP contribution in [-0.4, -0.2) is 18.9 Å². The Labute approximate surface area is 96.6 Å². The van der Waals surface area contributed by atoms with Gasteiger partial charge >= 0.3 is 0 Å². The second-order valence-corrected chi connectivity index (χ2v) is 4.24. The third-order valence-electron chi connectivity index (χ3n) is 2.68. The maximum atomic E-state index is 12.0. The van der Waals surface area contributed by atoms with Crippen LogP contribution in [0.1, 0.15) is 30.6 Å². The second kappa shape index (κ2) is 5.66. The number of rotatable bonds is 5. The van der Waals surface area contributed by atoms with E-state index in [0.29, 0.717) is 23.7 Å². The van der Waals surface area contributed by atoms with Crippen LogP contribution in [0.5, 0.6) is 5.75 Å². The summed E-state index contributed by atoms with van der Waals surface area (Å²) in [5.74, 6) is 0.959. The number of nitrogens with two attached hydrogens (primary N) is 1. The first-order valence-electron chi connectivity index (χ1n) is 5.48. The van der Waals surface area contributed by atoms with Crippen LogP contribution >= 0.6 is 0 Å². The fourth-order valence-corrected chi connectivity index (χ4v) is 1.43. The summed E-state index contributed by atoms with van der Waals surface area (Å²) in [5, 5.41) is 0. The van der Waals surface area contributed by atoms with E-state index in [-0.39, 0.29) is 11.8 Å². The van der Waals surface area contributed by atoms with E-state index in [4.69, 9.17) is 10.5 Å². The van der Waals surface area contributed by atoms with E-state index in [2.05, 4.69) is 0 Å². The molecule has 0 spiro atoms. The van der Waals surface area contributed by atoms with Crippen molar-refractivity contribution in [2.24, 2.45) is 11.7 Å². The molecule has 1 rings (SSSR count). The number of para-hydroxylation sites is 1. The molecule has 0 aromatic heterocycles. The van der Waals surface area contributed by atoms with Crippen LogP contribution in [-0.2, 0) is 0 Å². The molecular weight excluding hydrogens is 202 g/mol. The van der Waals surface area contributed by atoms with Crippen molar-refractivity contribution in [2.75, 3.05) is 7.11 Å². The number of benzene rings is 1. The smallest absolute Gasteiger partial charge is 0.168 e. The standard InChI is InChI=1S/C13H19NO2/c1-9(2)11(14)8-12(15)10-6-4-5-7-13(10)16-3/h4-7,9,11H,8,14H2,1-3H3. The number of carbonyl (C=O) groups is 1. The Morgan fingerprint density at radius 1 is 1.38 bits per heavy atom. The van der Waals surface area contributed by atoms with Gasteiger partial charge in [-0.25, -0.2) is 0 Å². The Balaban J connectivity index is 2.80. The van der Waals surface area contributed by atoms with Crippen LogP contribution in [0.2, 0.25) is 0 Å². The summed E-state index contributed by atoms with van der Waals surface area (Å²) in [5.41, 5.74) is 6.50. The van der Waals surface area contributed by atoms with Crippen molar-refractivity contribution < 1.29 is 9.53 Å². The largest absolute Gasteiger partial charge is 0.496 e. The molecule has 0 aliphatic rings.